The summed E-state index contributed by atoms with van der Waals surface area (Å²) in [5.41, 5.74) is 0.502. The Balaban J connectivity index is 1.66. The summed E-state index contributed by atoms with van der Waals surface area (Å²) in [6.45, 7) is 1.37. The molecule has 3 rings (SSSR count). The molecule has 27 heavy (non-hydrogen) atoms. The highest BCUT2D eigenvalue weighted by Crippen LogP contribution is 2.36. The SMILES string of the molecule is COc1cc(C(=O)NCCNC2CCCCCC2)c(OC)c2ccccc12. The second-order valence-electron chi connectivity index (χ2n) is 7.10. The van der Waals surface area contributed by atoms with Gasteiger partial charge in [-0.3, -0.25) is 4.79 Å². The molecular weight excluding hydrogens is 340 g/mol. The average Bonchev–Trinajstić information content (AvgIpc) is 2.98. The summed E-state index contributed by atoms with van der Waals surface area (Å²) < 4.78 is 11.0. The Morgan fingerprint density at radius 3 is 2.37 bits per heavy atom. The van der Waals surface area contributed by atoms with Crippen LogP contribution in [0, 0.1) is 0 Å². The molecule has 0 aromatic heterocycles. The molecule has 0 unspecified atom stereocenters. The van der Waals surface area contributed by atoms with Crippen molar-refractivity contribution in [3.05, 3.63) is 35.9 Å². The van der Waals surface area contributed by atoms with E-state index >= 15 is 0 Å². The maximum absolute atomic E-state index is 12.8. The number of ether oxygens (including phenoxy) is 2. The Morgan fingerprint density at radius 1 is 1.00 bits per heavy atom. The number of carbonyl (C=O) groups is 1. The van der Waals surface area contributed by atoms with E-state index < -0.39 is 0 Å². The zero-order valence-corrected chi connectivity index (χ0v) is 16.3. The van der Waals surface area contributed by atoms with E-state index in [1.165, 1.54) is 38.5 Å². The lowest BCUT2D eigenvalue weighted by Gasteiger charge is -2.17. The van der Waals surface area contributed by atoms with E-state index in [9.17, 15) is 4.79 Å². The van der Waals surface area contributed by atoms with Crippen LogP contribution in [0.4, 0.5) is 0 Å². The van der Waals surface area contributed by atoms with E-state index in [0.717, 1.165) is 17.3 Å². The van der Waals surface area contributed by atoms with E-state index in [2.05, 4.69) is 10.6 Å². The fourth-order valence-electron chi connectivity index (χ4n) is 3.90. The first kappa shape index (κ1) is 19.5. The standard InChI is InChI=1S/C22H30N2O3/c1-26-20-15-19(21(27-2)18-12-8-7-11-17(18)20)22(25)24-14-13-23-16-9-5-3-4-6-10-16/h7-8,11-12,15-16,23H,3-6,9-10,13-14H2,1-2H3,(H,24,25). The minimum atomic E-state index is -0.140. The van der Waals surface area contributed by atoms with E-state index in [1.54, 1.807) is 20.3 Å². The molecular formula is C22H30N2O3. The molecule has 5 nitrogen and oxygen atoms in total. The highest BCUT2D eigenvalue weighted by atomic mass is 16.5. The predicted octanol–water partition coefficient (Wildman–Crippen LogP) is 3.90. The van der Waals surface area contributed by atoms with Crippen LogP contribution >= 0.6 is 0 Å². The van der Waals surface area contributed by atoms with Gasteiger partial charge in [-0.15, -0.1) is 0 Å². The van der Waals surface area contributed by atoms with Gasteiger partial charge in [-0.05, 0) is 18.9 Å². The third kappa shape index (κ3) is 4.72. The molecule has 1 fully saturated rings. The van der Waals surface area contributed by atoms with Gasteiger partial charge in [0.1, 0.15) is 11.5 Å². The summed E-state index contributed by atoms with van der Waals surface area (Å²) in [4.78, 5) is 12.8. The second-order valence-corrected chi connectivity index (χ2v) is 7.10. The Morgan fingerprint density at radius 2 is 1.70 bits per heavy atom. The third-order valence-electron chi connectivity index (χ3n) is 5.32. The summed E-state index contributed by atoms with van der Waals surface area (Å²) >= 11 is 0. The molecule has 0 radical (unpaired) electrons. The van der Waals surface area contributed by atoms with Crippen molar-refractivity contribution < 1.29 is 14.3 Å². The van der Waals surface area contributed by atoms with Crippen LogP contribution in [0.5, 0.6) is 11.5 Å². The van der Waals surface area contributed by atoms with Gasteiger partial charge in [-0.2, -0.15) is 0 Å². The van der Waals surface area contributed by atoms with E-state index in [1.807, 2.05) is 24.3 Å². The summed E-state index contributed by atoms with van der Waals surface area (Å²) in [6, 6.07) is 10.1. The fraction of sp³-hybridized carbons (Fsp3) is 0.500. The van der Waals surface area contributed by atoms with Crippen LogP contribution in [0.1, 0.15) is 48.9 Å². The molecule has 2 aromatic carbocycles. The molecule has 1 amide bonds. The topological polar surface area (TPSA) is 59.6 Å². The van der Waals surface area contributed by atoms with Gasteiger partial charge in [0.05, 0.1) is 19.8 Å². The van der Waals surface area contributed by atoms with Crippen LogP contribution in [0.15, 0.2) is 30.3 Å². The summed E-state index contributed by atoms with van der Waals surface area (Å²) in [7, 11) is 3.21. The molecule has 1 aliphatic rings. The van der Waals surface area contributed by atoms with E-state index in [-0.39, 0.29) is 5.91 Å². The number of nitrogens with one attached hydrogen (secondary N) is 2. The van der Waals surface area contributed by atoms with E-state index in [0.29, 0.717) is 29.6 Å². The average molecular weight is 370 g/mol. The molecule has 146 valence electrons. The smallest absolute Gasteiger partial charge is 0.255 e. The van der Waals surface area contributed by atoms with Crippen molar-refractivity contribution in [1.82, 2.24) is 10.6 Å². The molecule has 2 N–H and O–H groups in total. The largest absolute Gasteiger partial charge is 0.496 e. The molecule has 0 bridgehead atoms. The molecule has 5 heteroatoms. The summed E-state index contributed by atoms with van der Waals surface area (Å²) in [6.07, 6.45) is 7.78. The van der Waals surface area contributed by atoms with Gasteiger partial charge in [-0.1, -0.05) is 49.9 Å². The number of methoxy groups -OCH3 is 2. The number of hydrogen-bond donors (Lipinski definition) is 2. The van der Waals surface area contributed by atoms with Crippen molar-refractivity contribution in [2.75, 3.05) is 27.3 Å². The number of fused-ring (bicyclic) bond motifs is 1. The highest BCUT2D eigenvalue weighted by Gasteiger charge is 2.18. The molecule has 0 atom stereocenters. The van der Waals surface area contributed by atoms with Crippen molar-refractivity contribution in [3.63, 3.8) is 0 Å². The van der Waals surface area contributed by atoms with Crippen LogP contribution in [0.25, 0.3) is 10.8 Å². The van der Waals surface area contributed by atoms with Gasteiger partial charge >= 0.3 is 0 Å². The number of rotatable bonds is 7. The molecule has 1 saturated carbocycles. The van der Waals surface area contributed by atoms with Crippen LogP contribution in [-0.2, 0) is 0 Å². The molecule has 0 spiro atoms. The van der Waals surface area contributed by atoms with E-state index in [4.69, 9.17) is 9.47 Å². The summed E-state index contributed by atoms with van der Waals surface area (Å²) in [5, 5.41) is 8.40. The first-order valence-electron chi connectivity index (χ1n) is 9.90. The number of benzene rings is 2. The van der Waals surface area contributed by atoms with Crippen molar-refractivity contribution in [3.8, 4) is 11.5 Å². The minimum absolute atomic E-state index is 0.140. The fourth-order valence-corrected chi connectivity index (χ4v) is 3.90. The number of amides is 1. The first-order valence-corrected chi connectivity index (χ1v) is 9.90. The van der Waals surface area contributed by atoms with Crippen LogP contribution in [0.2, 0.25) is 0 Å². The highest BCUT2D eigenvalue weighted by molar-refractivity contribution is 6.06. The van der Waals surface area contributed by atoms with Crippen molar-refractivity contribution in [2.45, 2.75) is 44.6 Å². The van der Waals surface area contributed by atoms with Crippen molar-refractivity contribution >= 4 is 16.7 Å². The van der Waals surface area contributed by atoms with Gasteiger partial charge in [0, 0.05) is 29.9 Å². The quantitative estimate of drug-likeness (QED) is 0.573. The Labute approximate surface area is 161 Å². The lowest BCUT2D eigenvalue weighted by atomic mass is 10.0. The third-order valence-corrected chi connectivity index (χ3v) is 5.32. The second kappa shape index (κ2) is 9.60. The van der Waals surface area contributed by atoms with Gasteiger partial charge < -0.3 is 20.1 Å². The van der Waals surface area contributed by atoms with Gasteiger partial charge in [0.2, 0.25) is 0 Å². The molecule has 0 saturated heterocycles. The zero-order chi connectivity index (χ0) is 19.1. The first-order chi connectivity index (χ1) is 13.2. The monoisotopic (exact) mass is 370 g/mol. The maximum atomic E-state index is 12.8. The Hall–Kier alpha value is -2.27. The molecule has 1 aliphatic carbocycles. The van der Waals surface area contributed by atoms with Gasteiger partial charge in [-0.25, -0.2) is 0 Å². The van der Waals surface area contributed by atoms with Crippen LogP contribution in [-0.4, -0.2) is 39.3 Å². The molecule has 0 heterocycles. The maximum Gasteiger partial charge on any atom is 0.255 e. The van der Waals surface area contributed by atoms with Crippen LogP contribution < -0.4 is 20.1 Å². The Kier molecular flexibility index (Phi) is 6.93. The van der Waals surface area contributed by atoms with Crippen LogP contribution in [0.3, 0.4) is 0 Å². The normalized spacial score (nSPS) is 15.3. The number of hydrogen-bond acceptors (Lipinski definition) is 4. The van der Waals surface area contributed by atoms with Gasteiger partial charge in [0.25, 0.3) is 5.91 Å². The lowest BCUT2D eigenvalue weighted by molar-refractivity contribution is 0.0950. The van der Waals surface area contributed by atoms with Crippen molar-refractivity contribution in [2.24, 2.45) is 0 Å². The zero-order valence-electron chi connectivity index (χ0n) is 16.3. The molecule has 2 aromatic rings. The molecule has 0 aliphatic heterocycles. The summed E-state index contributed by atoms with van der Waals surface area (Å²) in [5.74, 6) is 1.12. The lowest BCUT2D eigenvalue weighted by Crippen LogP contribution is -2.37. The van der Waals surface area contributed by atoms with Gasteiger partial charge in [0.15, 0.2) is 0 Å². The minimum Gasteiger partial charge on any atom is -0.496 e. The number of carbonyl (C=O) groups excluding carboxylic acids is 1. The van der Waals surface area contributed by atoms with Crippen molar-refractivity contribution in [1.29, 1.82) is 0 Å². The predicted molar refractivity (Wildman–Crippen MR) is 109 cm³/mol. The Bertz CT molecular complexity index is 767.